The molecule has 0 radical (unpaired) electrons. The van der Waals surface area contributed by atoms with Crippen LogP contribution in [-0.4, -0.2) is 0 Å². The van der Waals surface area contributed by atoms with Gasteiger partial charge in [-0.05, 0) is 78.4 Å². The molecule has 0 saturated carbocycles. The highest BCUT2D eigenvalue weighted by Crippen LogP contribution is 2.39. The Morgan fingerprint density at radius 1 is 0.944 bits per heavy atom. The van der Waals surface area contributed by atoms with Crippen LogP contribution in [0.15, 0.2) is 65.2 Å². The average Bonchev–Trinajstić information content (AvgIpc) is 3.28. The Morgan fingerprint density at radius 3 is 2.44 bits per heavy atom. The summed E-state index contributed by atoms with van der Waals surface area (Å²) in [6, 6.07) is 17.3. The molecule has 5 rings (SSSR count). The van der Waals surface area contributed by atoms with Crippen molar-refractivity contribution in [1.29, 1.82) is 5.26 Å². The molecular weight excluding hydrogens is 440 g/mol. The highest BCUT2D eigenvalue weighted by atomic mass is 16.3. The molecule has 3 nitrogen and oxygen atoms in total. The third-order valence-corrected chi connectivity index (χ3v) is 6.34. The van der Waals surface area contributed by atoms with E-state index in [1.807, 2.05) is 25.1 Å². The van der Waals surface area contributed by atoms with Crippen LogP contribution in [0.1, 0.15) is 59.6 Å². The lowest BCUT2D eigenvalue weighted by Crippen LogP contribution is -2.31. The lowest BCUT2D eigenvalue weighted by molar-refractivity contribution is -0.660. The monoisotopic (exact) mass is 481 g/mol. The summed E-state index contributed by atoms with van der Waals surface area (Å²) in [5, 5.41) is 11.0. The first kappa shape index (κ1) is 16.0. The third-order valence-electron chi connectivity index (χ3n) is 6.34. The van der Waals surface area contributed by atoms with Gasteiger partial charge in [0.1, 0.15) is 18.2 Å². The number of pyridine rings is 1. The summed E-state index contributed by atoms with van der Waals surface area (Å²) in [7, 11) is 1.73. The van der Waals surface area contributed by atoms with Crippen LogP contribution >= 0.6 is 0 Å². The van der Waals surface area contributed by atoms with Crippen LogP contribution in [0.5, 0.6) is 0 Å². The molecule has 0 amide bonds. The smallest absolute Gasteiger partial charge is 0.216 e. The zero-order valence-corrected chi connectivity index (χ0v) is 21.1. The van der Waals surface area contributed by atoms with Gasteiger partial charge in [-0.1, -0.05) is 51.1 Å². The quantitative estimate of drug-likeness (QED) is 0.244. The topological polar surface area (TPSA) is 40.8 Å². The molecule has 0 saturated heterocycles. The van der Waals surface area contributed by atoms with Crippen molar-refractivity contribution in [2.45, 2.75) is 47.8 Å². The molecular formula is C33H33N2O+. The predicted octanol–water partition coefficient (Wildman–Crippen LogP) is 8.13. The van der Waals surface area contributed by atoms with Crippen LogP contribution in [0.3, 0.4) is 0 Å². The lowest BCUT2D eigenvalue weighted by Gasteiger charge is -2.19. The van der Waals surface area contributed by atoms with Crippen molar-refractivity contribution in [1.82, 2.24) is 0 Å². The van der Waals surface area contributed by atoms with Crippen molar-refractivity contribution in [3.05, 3.63) is 88.6 Å². The zero-order valence-electron chi connectivity index (χ0n) is 29.1. The Bertz CT molecular complexity index is 1990. The molecule has 0 aliphatic heterocycles. The van der Waals surface area contributed by atoms with E-state index in [0.29, 0.717) is 28.0 Å². The van der Waals surface area contributed by atoms with Gasteiger partial charge in [-0.25, -0.2) is 4.57 Å². The minimum atomic E-state index is -2.66. The Kier molecular flexibility index (Phi) is 3.83. The van der Waals surface area contributed by atoms with E-state index in [2.05, 4.69) is 6.07 Å². The van der Waals surface area contributed by atoms with E-state index in [1.54, 1.807) is 56.7 Å². The van der Waals surface area contributed by atoms with Gasteiger partial charge < -0.3 is 4.42 Å². The summed E-state index contributed by atoms with van der Waals surface area (Å²) in [6.07, 6.45) is -0.357. The summed E-state index contributed by atoms with van der Waals surface area (Å²) in [4.78, 5) is 0. The van der Waals surface area contributed by atoms with Gasteiger partial charge in [-0.3, -0.25) is 0 Å². The first-order chi connectivity index (χ1) is 20.3. The van der Waals surface area contributed by atoms with Gasteiger partial charge in [0.15, 0.2) is 6.20 Å². The average molecular weight is 482 g/mol. The summed E-state index contributed by atoms with van der Waals surface area (Å²) >= 11 is 0. The maximum absolute atomic E-state index is 9.39. The second-order valence-electron chi connectivity index (χ2n) is 10.3. The molecule has 180 valence electrons. The minimum Gasteiger partial charge on any atom is -0.455 e. The van der Waals surface area contributed by atoms with E-state index < -0.39 is 25.5 Å². The number of nitriles is 1. The number of furan rings is 1. The lowest BCUT2D eigenvalue weighted by atomic mass is 9.86. The van der Waals surface area contributed by atoms with Crippen LogP contribution in [0.4, 0.5) is 0 Å². The number of hydrogen-bond donors (Lipinski definition) is 0. The van der Waals surface area contributed by atoms with Crippen LogP contribution in [0.2, 0.25) is 0 Å². The maximum atomic E-state index is 9.39. The molecule has 0 bridgehead atoms. The van der Waals surface area contributed by atoms with Crippen molar-refractivity contribution >= 4 is 21.9 Å². The molecule has 0 unspecified atom stereocenters. The van der Waals surface area contributed by atoms with Gasteiger partial charge in [-0.2, -0.15) is 5.26 Å². The first-order valence-electron chi connectivity index (χ1n) is 15.8. The molecule has 0 spiro atoms. The highest BCUT2D eigenvalue weighted by molar-refractivity contribution is 6.10. The van der Waals surface area contributed by atoms with E-state index in [1.165, 1.54) is 18.3 Å². The third kappa shape index (κ3) is 4.18. The first-order valence-corrected chi connectivity index (χ1v) is 11.8. The minimum absolute atomic E-state index is 0.0334. The number of benzene rings is 3. The SMILES string of the molecule is [2H]C([2H])([2H])c1cc(C([2H])([2H])C(C)(C)C)ccc1-c1cc(-c2c(C)ccc3c2oc2cc(C#N)ccc23)[n+](C)cc1C([2H])([2H])[2H]. The number of aromatic nitrogens is 1. The largest absolute Gasteiger partial charge is 0.455 e. The maximum Gasteiger partial charge on any atom is 0.216 e. The van der Waals surface area contributed by atoms with Gasteiger partial charge >= 0.3 is 0 Å². The molecule has 0 aliphatic carbocycles. The fourth-order valence-electron chi connectivity index (χ4n) is 4.74. The standard InChI is InChI=1S/C33H33N2O/c1-20-8-11-27-26-13-10-24(18-34)15-30(26)36-32(27)31(20)29-16-28(22(3)19-35(29)7)25-12-9-23(14-21(25)2)17-33(4,5)6/h8-16,19H,17H2,1-7H3/q+1/i2D3,3D3,17D2. The molecule has 36 heavy (non-hydrogen) atoms. The summed E-state index contributed by atoms with van der Waals surface area (Å²) < 4.78 is 75.6. The summed E-state index contributed by atoms with van der Waals surface area (Å²) in [5.74, 6) is 0. The molecule has 0 fully saturated rings. The molecule has 2 aromatic heterocycles. The second-order valence-corrected chi connectivity index (χ2v) is 10.3. The zero-order chi connectivity index (χ0) is 32.6. The second kappa shape index (κ2) is 8.64. The number of aryl methyl sites for hydroxylation is 4. The Balaban J connectivity index is 1.86. The van der Waals surface area contributed by atoms with E-state index in [-0.39, 0.29) is 27.8 Å². The van der Waals surface area contributed by atoms with E-state index >= 15 is 0 Å². The molecule has 0 N–H and O–H groups in total. The van der Waals surface area contributed by atoms with Crippen LogP contribution in [0.25, 0.3) is 44.3 Å². The molecule has 0 atom stereocenters. The Morgan fingerprint density at radius 2 is 1.72 bits per heavy atom. The Labute approximate surface area is 224 Å². The van der Waals surface area contributed by atoms with Gasteiger partial charge in [0.05, 0.1) is 17.2 Å². The van der Waals surface area contributed by atoms with Crippen LogP contribution in [0, 0.1) is 37.4 Å². The molecule has 3 aromatic carbocycles. The summed E-state index contributed by atoms with van der Waals surface area (Å²) in [5.41, 5.74) is 3.34. The van der Waals surface area contributed by atoms with E-state index in [9.17, 15) is 5.26 Å². The number of rotatable bonds is 3. The van der Waals surface area contributed by atoms with Crippen molar-refractivity contribution in [3.8, 4) is 28.5 Å². The van der Waals surface area contributed by atoms with Crippen molar-refractivity contribution in [2.75, 3.05) is 0 Å². The van der Waals surface area contributed by atoms with Crippen LogP contribution in [-0.2, 0) is 13.4 Å². The van der Waals surface area contributed by atoms with E-state index in [0.717, 1.165) is 16.3 Å². The van der Waals surface area contributed by atoms with Gasteiger partial charge in [-0.15, -0.1) is 0 Å². The predicted molar refractivity (Wildman–Crippen MR) is 148 cm³/mol. The summed E-state index contributed by atoms with van der Waals surface area (Å²) in [6.45, 7) is 1.91. The molecule has 3 heteroatoms. The highest BCUT2D eigenvalue weighted by Gasteiger charge is 2.23. The molecule has 5 aromatic rings. The van der Waals surface area contributed by atoms with Crippen LogP contribution < -0.4 is 4.57 Å². The molecule has 0 aliphatic rings. The van der Waals surface area contributed by atoms with Gasteiger partial charge in [0.25, 0.3) is 0 Å². The number of fused-ring (bicyclic) bond motifs is 3. The van der Waals surface area contributed by atoms with Gasteiger partial charge in [0.2, 0.25) is 5.69 Å². The number of nitrogens with zero attached hydrogens (tertiary/aromatic N) is 2. The Hall–Kier alpha value is -3.90. The fraction of sp³-hybridized carbons (Fsp3) is 0.273. The fourth-order valence-corrected chi connectivity index (χ4v) is 4.74. The molecule has 2 heterocycles. The van der Waals surface area contributed by atoms with Crippen molar-refractivity contribution in [3.63, 3.8) is 0 Å². The van der Waals surface area contributed by atoms with E-state index in [4.69, 9.17) is 15.4 Å². The van der Waals surface area contributed by atoms with Crippen molar-refractivity contribution in [2.24, 2.45) is 12.5 Å². The number of hydrogen-bond acceptors (Lipinski definition) is 2. The van der Waals surface area contributed by atoms with Crippen molar-refractivity contribution < 1.29 is 20.0 Å². The normalized spacial score (nSPS) is 16.2. The van der Waals surface area contributed by atoms with Gasteiger partial charge in [0, 0.05) is 33.4 Å².